The van der Waals surface area contributed by atoms with Crippen molar-refractivity contribution in [2.24, 2.45) is 10.7 Å². The number of ether oxygens (including phenoxy) is 2. The molecule has 0 spiro atoms. The molecule has 158 valence electrons. The number of aliphatic imine (C=N–C) groups is 1. The van der Waals surface area contributed by atoms with Gasteiger partial charge in [0.2, 0.25) is 5.91 Å². The number of rotatable bonds is 7. The first-order valence-corrected chi connectivity index (χ1v) is 9.95. The lowest BCUT2D eigenvalue weighted by Gasteiger charge is -2.29. The smallest absolute Gasteiger partial charge is 0.408 e. The summed E-state index contributed by atoms with van der Waals surface area (Å²) < 4.78 is 11.0. The van der Waals surface area contributed by atoms with Crippen LogP contribution in [0.3, 0.4) is 0 Å². The molecule has 1 aliphatic carbocycles. The van der Waals surface area contributed by atoms with Crippen molar-refractivity contribution in [3.63, 3.8) is 0 Å². The average molecular weight is 395 g/mol. The van der Waals surface area contributed by atoms with Crippen molar-refractivity contribution in [1.29, 1.82) is 0 Å². The molecule has 0 aromatic heterocycles. The molecule has 8 heteroatoms. The van der Waals surface area contributed by atoms with Crippen molar-refractivity contribution in [2.75, 3.05) is 6.54 Å². The van der Waals surface area contributed by atoms with Crippen molar-refractivity contribution < 1.29 is 19.1 Å². The van der Waals surface area contributed by atoms with Crippen LogP contribution < -0.4 is 11.1 Å². The van der Waals surface area contributed by atoms with Crippen molar-refractivity contribution in [3.05, 3.63) is 12.3 Å². The van der Waals surface area contributed by atoms with Crippen LogP contribution in [0.2, 0.25) is 0 Å². The Morgan fingerprint density at radius 1 is 1.36 bits per heavy atom. The molecule has 3 atom stereocenters. The number of carbonyl (C=O) groups excluding carboxylic acids is 2. The Morgan fingerprint density at radius 2 is 2.00 bits per heavy atom. The fourth-order valence-corrected chi connectivity index (χ4v) is 3.18. The standard InChI is InChI=1S/C20H34N4O4/c1-7-15(23-19(26)28-20(4,5)6)18(25)24-11-14(27-12(2)3)10-16(24)17(21)22-13-8-9-13/h13-16H,2,7-11H2,1,3-6H3,(H2,21,22)(H,23,26)/t14-,15+,16+/m1/s1. The van der Waals surface area contributed by atoms with Crippen LogP contribution in [0, 0.1) is 0 Å². The molecule has 28 heavy (non-hydrogen) atoms. The van der Waals surface area contributed by atoms with Crippen LogP contribution in [-0.2, 0) is 14.3 Å². The van der Waals surface area contributed by atoms with E-state index in [9.17, 15) is 9.59 Å². The Labute approximate surface area is 167 Å². The number of hydrogen-bond acceptors (Lipinski definition) is 5. The minimum Gasteiger partial charge on any atom is -0.494 e. The highest BCUT2D eigenvalue weighted by Gasteiger charge is 2.41. The summed E-state index contributed by atoms with van der Waals surface area (Å²) in [7, 11) is 0. The third-order valence-electron chi connectivity index (χ3n) is 4.53. The van der Waals surface area contributed by atoms with E-state index in [1.807, 2.05) is 6.92 Å². The lowest BCUT2D eigenvalue weighted by atomic mass is 10.1. The molecule has 3 N–H and O–H groups in total. The monoisotopic (exact) mass is 394 g/mol. The third-order valence-corrected chi connectivity index (χ3v) is 4.53. The second-order valence-electron chi connectivity index (χ2n) is 8.58. The molecule has 1 saturated heterocycles. The van der Waals surface area contributed by atoms with Crippen LogP contribution in [-0.4, -0.2) is 59.1 Å². The number of alkyl carbamates (subject to hydrolysis) is 1. The predicted molar refractivity (Wildman–Crippen MR) is 108 cm³/mol. The van der Waals surface area contributed by atoms with Crippen LogP contribution in [0.1, 0.15) is 60.3 Å². The maximum atomic E-state index is 13.2. The van der Waals surface area contributed by atoms with E-state index in [0.717, 1.165) is 12.8 Å². The summed E-state index contributed by atoms with van der Waals surface area (Å²) in [5.74, 6) is 0.839. The van der Waals surface area contributed by atoms with E-state index in [-0.39, 0.29) is 24.1 Å². The van der Waals surface area contributed by atoms with Gasteiger partial charge in [-0.05, 0) is 47.0 Å². The number of amidine groups is 1. The largest absolute Gasteiger partial charge is 0.494 e. The highest BCUT2D eigenvalue weighted by atomic mass is 16.6. The number of nitrogens with two attached hydrogens (primary N) is 1. The summed E-state index contributed by atoms with van der Waals surface area (Å²) in [6.07, 6.45) is 2.25. The summed E-state index contributed by atoms with van der Waals surface area (Å²) in [5, 5.41) is 2.68. The van der Waals surface area contributed by atoms with Crippen LogP contribution in [0.4, 0.5) is 4.79 Å². The summed E-state index contributed by atoms with van der Waals surface area (Å²) in [6, 6.07) is -0.776. The van der Waals surface area contributed by atoms with Crippen LogP contribution in [0.25, 0.3) is 0 Å². The topological polar surface area (TPSA) is 106 Å². The van der Waals surface area contributed by atoms with Crippen molar-refractivity contribution in [1.82, 2.24) is 10.2 Å². The van der Waals surface area contributed by atoms with E-state index in [1.165, 1.54) is 0 Å². The Morgan fingerprint density at radius 3 is 2.50 bits per heavy atom. The fourth-order valence-electron chi connectivity index (χ4n) is 3.18. The molecule has 0 aromatic rings. The summed E-state index contributed by atoms with van der Waals surface area (Å²) in [6.45, 7) is 13.1. The molecule has 0 unspecified atom stereocenters. The van der Waals surface area contributed by atoms with Gasteiger partial charge in [-0.25, -0.2) is 4.79 Å². The van der Waals surface area contributed by atoms with Crippen molar-refractivity contribution in [2.45, 2.75) is 90.1 Å². The SMILES string of the molecule is C=C(C)O[C@@H]1C[C@@H](C(N)=NC2CC2)N(C(=O)[C@H](CC)NC(=O)OC(C)(C)C)C1. The first-order chi connectivity index (χ1) is 13.0. The summed E-state index contributed by atoms with van der Waals surface area (Å²) in [5.41, 5.74) is 5.60. The van der Waals surface area contributed by atoms with Gasteiger partial charge >= 0.3 is 6.09 Å². The van der Waals surface area contributed by atoms with Gasteiger partial charge in [0.15, 0.2) is 0 Å². The van der Waals surface area contributed by atoms with E-state index >= 15 is 0 Å². The molecule has 1 aliphatic heterocycles. The highest BCUT2D eigenvalue weighted by molar-refractivity contribution is 5.93. The zero-order chi connectivity index (χ0) is 21.1. The quantitative estimate of drug-likeness (QED) is 0.392. The van der Waals surface area contributed by atoms with Crippen LogP contribution in [0.5, 0.6) is 0 Å². The Hall–Kier alpha value is -2.25. The molecular formula is C20H34N4O4. The second-order valence-corrected chi connectivity index (χ2v) is 8.58. The minimum absolute atomic E-state index is 0.196. The number of hydrogen-bond donors (Lipinski definition) is 2. The molecule has 2 amide bonds. The molecule has 0 radical (unpaired) electrons. The van der Waals surface area contributed by atoms with Gasteiger partial charge in [-0.3, -0.25) is 9.79 Å². The average Bonchev–Trinajstić information content (AvgIpc) is 3.27. The number of carbonyl (C=O) groups is 2. The number of nitrogens with one attached hydrogen (secondary N) is 1. The molecule has 0 bridgehead atoms. The lowest BCUT2D eigenvalue weighted by molar-refractivity contribution is -0.133. The number of amides is 2. The molecular weight excluding hydrogens is 360 g/mol. The lowest BCUT2D eigenvalue weighted by Crippen LogP contribution is -2.53. The predicted octanol–water partition coefficient (Wildman–Crippen LogP) is 2.33. The Kier molecular flexibility index (Phi) is 6.96. The molecule has 1 heterocycles. The molecule has 2 fully saturated rings. The van der Waals surface area contributed by atoms with Gasteiger partial charge < -0.3 is 25.4 Å². The number of likely N-dealkylation sites (tertiary alicyclic amines) is 1. The number of allylic oxidation sites excluding steroid dienone is 1. The highest BCUT2D eigenvalue weighted by Crippen LogP contribution is 2.27. The molecule has 1 saturated carbocycles. The van der Waals surface area contributed by atoms with Gasteiger partial charge in [-0.1, -0.05) is 13.5 Å². The Balaban J connectivity index is 2.12. The maximum absolute atomic E-state index is 13.2. The third kappa shape index (κ3) is 6.42. The molecule has 2 rings (SSSR count). The van der Waals surface area contributed by atoms with Crippen LogP contribution >= 0.6 is 0 Å². The van der Waals surface area contributed by atoms with Crippen LogP contribution in [0.15, 0.2) is 17.3 Å². The molecule has 2 aliphatic rings. The number of nitrogens with zero attached hydrogens (tertiary/aromatic N) is 2. The van der Waals surface area contributed by atoms with Crippen molar-refractivity contribution >= 4 is 17.8 Å². The summed E-state index contributed by atoms with van der Waals surface area (Å²) >= 11 is 0. The van der Waals surface area contributed by atoms with E-state index in [2.05, 4.69) is 16.9 Å². The van der Waals surface area contributed by atoms with Gasteiger partial charge in [0.1, 0.15) is 23.6 Å². The molecule has 0 aromatic carbocycles. The maximum Gasteiger partial charge on any atom is 0.408 e. The minimum atomic E-state index is -0.699. The van der Waals surface area contributed by atoms with Gasteiger partial charge in [0.25, 0.3) is 0 Å². The van der Waals surface area contributed by atoms with Gasteiger partial charge in [-0.2, -0.15) is 0 Å². The first kappa shape index (κ1) is 22.0. The summed E-state index contributed by atoms with van der Waals surface area (Å²) in [4.78, 5) is 31.5. The van der Waals surface area contributed by atoms with Gasteiger partial charge in [0, 0.05) is 6.42 Å². The van der Waals surface area contributed by atoms with E-state index in [1.54, 1.807) is 32.6 Å². The van der Waals surface area contributed by atoms with E-state index < -0.39 is 17.7 Å². The van der Waals surface area contributed by atoms with Gasteiger partial charge in [-0.15, -0.1) is 0 Å². The Bertz CT molecular complexity index is 637. The zero-order valence-electron chi connectivity index (χ0n) is 17.7. The van der Waals surface area contributed by atoms with E-state index in [4.69, 9.17) is 15.2 Å². The fraction of sp³-hybridized carbons (Fsp3) is 0.750. The van der Waals surface area contributed by atoms with Crippen molar-refractivity contribution in [3.8, 4) is 0 Å². The first-order valence-electron chi connectivity index (χ1n) is 9.95. The molecule has 8 nitrogen and oxygen atoms in total. The zero-order valence-corrected chi connectivity index (χ0v) is 17.7. The van der Waals surface area contributed by atoms with E-state index in [0.29, 0.717) is 31.0 Å². The second kappa shape index (κ2) is 8.84. The normalized spacial score (nSPS) is 23.9. The van der Waals surface area contributed by atoms with Gasteiger partial charge in [0.05, 0.1) is 24.4 Å².